The van der Waals surface area contributed by atoms with Crippen molar-refractivity contribution in [1.82, 2.24) is 10.2 Å². The first-order valence-corrected chi connectivity index (χ1v) is 8.02. The molecule has 1 saturated carbocycles. The number of para-hydroxylation sites is 1. The van der Waals surface area contributed by atoms with Crippen LogP contribution in [0.25, 0.3) is 0 Å². The van der Waals surface area contributed by atoms with Crippen molar-refractivity contribution < 1.29 is 9.53 Å². The Hall–Kier alpha value is -1.55. The van der Waals surface area contributed by atoms with Crippen LogP contribution in [0.5, 0.6) is 5.75 Å². The number of hydrogen-bond acceptors (Lipinski definition) is 3. The minimum Gasteiger partial charge on any atom is -0.492 e. The van der Waals surface area contributed by atoms with Crippen molar-refractivity contribution in [3.63, 3.8) is 0 Å². The van der Waals surface area contributed by atoms with E-state index < -0.39 is 0 Å². The van der Waals surface area contributed by atoms with Gasteiger partial charge >= 0.3 is 0 Å². The zero-order valence-electron chi connectivity index (χ0n) is 12.5. The van der Waals surface area contributed by atoms with Crippen molar-refractivity contribution >= 4 is 5.91 Å². The van der Waals surface area contributed by atoms with Gasteiger partial charge in [0.2, 0.25) is 5.91 Å². The highest BCUT2D eigenvalue weighted by atomic mass is 16.5. The number of rotatable bonds is 6. The number of ether oxygens (including phenoxy) is 1. The molecule has 1 aromatic carbocycles. The lowest BCUT2D eigenvalue weighted by Gasteiger charge is -2.31. The molecule has 1 aromatic rings. The maximum atomic E-state index is 12.0. The summed E-state index contributed by atoms with van der Waals surface area (Å²) in [5, 5.41) is 3.12. The van der Waals surface area contributed by atoms with Crippen LogP contribution in [0, 0.1) is 5.92 Å². The van der Waals surface area contributed by atoms with Crippen LogP contribution in [0.4, 0.5) is 0 Å². The number of likely N-dealkylation sites (tertiary alicyclic amines) is 1. The lowest BCUT2D eigenvalue weighted by Crippen LogP contribution is -2.42. The molecule has 0 atom stereocenters. The zero-order valence-corrected chi connectivity index (χ0v) is 12.5. The van der Waals surface area contributed by atoms with E-state index >= 15 is 0 Å². The van der Waals surface area contributed by atoms with Gasteiger partial charge in [-0.25, -0.2) is 0 Å². The van der Waals surface area contributed by atoms with Crippen LogP contribution in [0.1, 0.15) is 25.7 Å². The number of carbonyl (C=O) groups is 1. The largest absolute Gasteiger partial charge is 0.492 e. The first-order valence-electron chi connectivity index (χ1n) is 8.02. The van der Waals surface area contributed by atoms with Crippen LogP contribution < -0.4 is 10.1 Å². The lowest BCUT2D eigenvalue weighted by molar-refractivity contribution is -0.126. The third kappa shape index (κ3) is 4.46. The number of amides is 1. The fourth-order valence-electron chi connectivity index (χ4n) is 2.77. The molecule has 21 heavy (non-hydrogen) atoms. The summed E-state index contributed by atoms with van der Waals surface area (Å²) in [7, 11) is 0. The standard InChI is InChI=1S/C17H24N2O2/c20-17(18-15-6-7-15)14-8-10-19(11-9-14)12-13-21-16-4-2-1-3-5-16/h1-5,14-15H,6-13H2,(H,18,20). The lowest BCUT2D eigenvalue weighted by atomic mass is 9.96. The smallest absolute Gasteiger partial charge is 0.223 e. The van der Waals surface area contributed by atoms with E-state index in [0.29, 0.717) is 12.6 Å². The monoisotopic (exact) mass is 288 g/mol. The predicted octanol–water partition coefficient (Wildman–Crippen LogP) is 2.06. The number of benzene rings is 1. The molecule has 3 rings (SSSR count). The van der Waals surface area contributed by atoms with Gasteiger partial charge in [0, 0.05) is 18.5 Å². The Labute approximate surface area is 126 Å². The van der Waals surface area contributed by atoms with Gasteiger partial charge in [-0.15, -0.1) is 0 Å². The van der Waals surface area contributed by atoms with Gasteiger partial charge in [0.05, 0.1) is 0 Å². The maximum Gasteiger partial charge on any atom is 0.223 e. The Morgan fingerprint density at radius 2 is 1.86 bits per heavy atom. The van der Waals surface area contributed by atoms with E-state index in [-0.39, 0.29) is 11.8 Å². The van der Waals surface area contributed by atoms with Crippen LogP contribution in [-0.2, 0) is 4.79 Å². The van der Waals surface area contributed by atoms with Gasteiger partial charge < -0.3 is 10.1 Å². The van der Waals surface area contributed by atoms with Gasteiger partial charge in [-0.05, 0) is 50.9 Å². The van der Waals surface area contributed by atoms with Crippen molar-refractivity contribution in [2.75, 3.05) is 26.2 Å². The normalized spacial score (nSPS) is 20.2. The molecule has 4 nitrogen and oxygen atoms in total. The van der Waals surface area contributed by atoms with Gasteiger partial charge in [0.25, 0.3) is 0 Å². The highest BCUT2D eigenvalue weighted by Gasteiger charge is 2.29. The Balaban J connectivity index is 1.33. The van der Waals surface area contributed by atoms with Crippen LogP contribution in [-0.4, -0.2) is 43.1 Å². The fourth-order valence-corrected chi connectivity index (χ4v) is 2.77. The minimum absolute atomic E-state index is 0.219. The number of piperidine rings is 1. The van der Waals surface area contributed by atoms with Gasteiger partial charge in [0.15, 0.2) is 0 Å². The Morgan fingerprint density at radius 3 is 2.52 bits per heavy atom. The van der Waals surface area contributed by atoms with Gasteiger partial charge in [-0.3, -0.25) is 9.69 Å². The molecule has 1 N–H and O–H groups in total. The van der Waals surface area contributed by atoms with Crippen LogP contribution in [0.2, 0.25) is 0 Å². The average Bonchev–Trinajstić information content (AvgIpc) is 3.33. The van der Waals surface area contributed by atoms with E-state index in [2.05, 4.69) is 10.2 Å². The summed E-state index contributed by atoms with van der Waals surface area (Å²) in [6.07, 6.45) is 4.29. The summed E-state index contributed by atoms with van der Waals surface area (Å²) in [4.78, 5) is 14.4. The Kier molecular flexibility index (Phi) is 4.76. The predicted molar refractivity (Wildman–Crippen MR) is 82.3 cm³/mol. The van der Waals surface area contributed by atoms with E-state index in [4.69, 9.17) is 4.74 Å². The number of carbonyl (C=O) groups excluding carboxylic acids is 1. The van der Waals surface area contributed by atoms with E-state index in [1.54, 1.807) is 0 Å². The van der Waals surface area contributed by atoms with E-state index in [1.165, 1.54) is 12.8 Å². The molecule has 114 valence electrons. The minimum atomic E-state index is 0.219. The number of hydrogen-bond donors (Lipinski definition) is 1. The van der Waals surface area contributed by atoms with Crippen molar-refractivity contribution in [1.29, 1.82) is 0 Å². The van der Waals surface area contributed by atoms with Crippen molar-refractivity contribution in [2.24, 2.45) is 5.92 Å². The zero-order chi connectivity index (χ0) is 14.5. The highest BCUT2D eigenvalue weighted by Crippen LogP contribution is 2.22. The van der Waals surface area contributed by atoms with Crippen molar-refractivity contribution in [3.8, 4) is 5.75 Å². The molecule has 1 heterocycles. The molecule has 1 aliphatic carbocycles. The summed E-state index contributed by atoms with van der Waals surface area (Å²) >= 11 is 0. The molecule has 0 bridgehead atoms. The highest BCUT2D eigenvalue weighted by molar-refractivity contribution is 5.79. The maximum absolute atomic E-state index is 12.0. The second-order valence-corrected chi connectivity index (χ2v) is 6.06. The third-order valence-corrected chi connectivity index (χ3v) is 4.30. The molecule has 1 aliphatic heterocycles. The Morgan fingerprint density at radius 1 is 1.14 bits per heavy atom. The number of nitrogens with zero attached hydrogens (tertiary/aromatic N) is 1. The van der Waals surface area contributed by atoms with Gasteiger partial charge in [-0.2, -0.15) is 0 Å². The average molecular weight is 288 g/mol. The molecule has 4 heteroatoms. The SMILES string of the molecule is O=C(NC1CC1)C1CCN(CCOc2ccccc2)CC1. The third-order valence-electron chi connectivity index (χ3n) is 4.30. The molecule has 0 aromatic heterocycles. The summed E-state index contributed by atoms with van der Waals surface area (Å²) in [5.41, 5.74) is 0. The summed E-state index contributed by atoms with van der Waals surface area (Å²) in [6, 6.07) is 10.4. The molecule has 1 saturated heterocycles. The molecule has 1 amide bonds. The molecule has 2 aliphatic rings. The summed E-state index contributed by atoms with van der Waals surface area (Å²) in [5.74, 6) is 1.42. The molecule has 2 fully saturated rings. The topological polar surface area (TPSA) is 41.6 Å². The molecule has 0 radical (unpaired) electrons. The van der Waals surface area contributed by atoms with Gasteiger partial charge in [-0.1, -0.05) is 18.2 Å². The van der Waals surface area contributed by atoms with Crippen LogP contribution in [0.3, 0.4) is 0 Å². The van der Waals surface area contributed by atoms with E-state index in [0.717, 1.165) is 38.2 Å². The summed E-state index contributed by atoms with van der Waals surface area (Å²) < 4.78 is 5.72. The molecular weight excluding hydrogens is 264 g/mol. The molecule has 0 unspecified atom stereocenters. The van der Waals surface area contributed by atoms with E-state index in [9.17, 15) is 4.79 Å². The van der Waals surface area contributed by atoms with Crippen molar-refractivity contribution in [3.05, 3.63) is 30.3 Å². The Bertz CT molecular complexity index is 451. The first kappa shape index (κ1) is 14.4. The molecule has 0 spiro atoms. The van der Waals surface area contributed by atoms with Crippen LogP contribution >= 0.6 is 0 Å². The molecular formula is C17H24N2O2. The number of nitrogens with one attached hydrogen (secondary N) is 1. The first-order chi connectivity index (χ1) is 10.3. The van der Waals surface area contributed by atoms with Gasteiger partial charge in [0.1, 0.15) is 12.4 Å². The second-order valence-electron chi connectivity index (χ2n) is 6.06. The fraction of sp³-hybridized carbons (Fsp3) is 0.588. The van der Waals surface area contributed by atoms with E-state index in [1.807, 2.05) is 30.3 Å². The second kappa shape index (κ2) is 6.94. The quantitative estimate of drug-likeness (QED) is 0.871. The van der Waals surface area contributed by atoms with Crippen LogP contribution in [0.15, 0.2) is 30.3 Å². The summed E-state index contributed by atoms with van der Waals surface area (Å²) in [6.45, 7) is 3.65. The van der Waals surface area contributed by atoms with Crippen molar-refractivity contribution in [2.45, 2.75) is 31.7 Å².